The number of anilines is 1. The first-order chi connectivity index (χ1) is 13.3. The van der Waals surface area contributed by atoms with Crippen molar-refractivity contribution >= 4 is 21.6 Å². The van der Waals surface area contributed by atoms with Crippen molar-refractivity contribution in [3.05, 3.63) is 65.0 Å². The fourth-order valence-electron chi connectivity index (χ4n) is 3.77. The van der Waals surface area contributed by atoms with E-state index in [9.17, 15) is 17.6 Å². The van der Waals surface area contributed by atoms with Crippen molar-refractivity contribution in [1.29, 1.82) is 0 Å². The zero-order chi connectivity index (χ0) is 19.9. The van der Waals surface area contributed by atoms with Crippen LogP contribution >= 0.6 is 0 Å². The number of aryl methyl sites for hydroxylation is 1. The highest BCUT2D eigenvalue weighted by Crippen LogP contribution is 2.33. The minimum Gasteiger partial charge on any atom is -0.331 e. The summed E-state index contributed by atoms with van der Waals surface area (Å²) in [6, 6.07) is 11.9. The van der Waals surface area contributed by atoms with Gasteiger partial charge in [-0.3, -0.25) is 9.10 Å². The lowest BCUT2D eigenvalue weighted by molar-refractivity contribution is 0.0728. The van der Waals surface area contributed by atoms with E-state index in [0.29, 0.717) is 23.4 Å². The molecule has 0 radical (unpaired) electrons. The van der Waals surface area contributed by atoms with Crippen LogP contribution in [0.5, 0.6) is 0 Å². The fourth-order valence-corrected chi connectivity index (χ4v) is 4.77. The standard InChI is InChI=1S/C21H23FN2O3S/c1-28(26,27)24-12-4-6-15-13-16(8-11-20(15)24)21(25)23(18-9-10-18)14-17-5-2-3-7-19(17)22/h2-3,5,7-8,11,13,18H,4,6,9-10,12,14H2,1H3. The van der Waals surface area contributed by atoms with Crippen molar-refractivity contribution in [2.24, 2.45) is 0 Å². The van der Waals surface area contributed by atoms with E-state index in [1.807, 2.05) is 0 Å². The minimum absolute atomic E-state index is 0.134. The number of carbonyl (C=O) groups is 1. The molecule has 1 heterocycles. The second kappa shape index (κ2) is 7.20. The summed E-state index contributed by atoms with van der Waals surface area (Å²) in [6.07, 6.45) is 4.50. The van der Waals surface area contributed by atoms with Gasteiger partial charge in [0.05, 0.1) is 11.9 Å². The highest BCUT2D eigenvalue weighted by atomic mass is 32.2. The molecule has 1 saturated carbocycles. The van der Waals surface area contributed by atoms with E-state index >= 15 is 0 Å². The van der Waals surface area contributed by atoms with Gasteiger partial charge in [0.25, 0.3) is 5.91 Å². The van der Waals surface area contributed by atoms with E-state index in [4.69, 9.17) is 0 Å². The van der Waals surface area contributed by atoms with E-state index in [0.717, 1.165) is 31.2 Å². The zero-order valence-electron chi connectivity index (χ0n) is 15.8. The predicted octanol–water partition coefficient (Wildman–Crippen LogP) is 3.34. The highest BCUT2D eigenvalue weighted by Gasteiger charge is 2.34. The molecule has 0 unspecified atom stereocenters. The monoisotopic (exact) mass is 402 g/mol. The minimum atomic E-state index is -3.34. The second-order valence-corrected chi connectivity index (χ2v) is 9.44. The van der Waals surface area contributed by atoms with Gasteiger partial charge in [-0.05, 0) is 55.5 Å². The van der Waals surface area contributed by atoms with Crippen molar-refractivity contribution in [1.82, 2.24) is 4.90 Å². The first-order valence-electron chi connectivity index (χ1n) is 9.49. The quantitative estimate of drug-likeness (QED) is 0.771. The number of halogens is 1. The molecule has 7 heteroatoms. The lowest BCUT2D eigenvalue weighted by Gasteiger charge is -2.30. The molecule has 2 aromatic rings. The largest absolute Gasteiger partial charge is 0.331 e. The lowest BCUT2D eigenvalue weighted by Crippen LogP contribution is -2.35. The molecular formula is C21H23FN2O3S. The molecule has 0 atom stereocenters. The van der Waals surface area contributed by atoms with Gasteiger partial charge in [-0.1, -0.05) is 18.2 Å². The molecule has 1 aliphatic carbocycles. The topological polar surface area (TPSA) is 57.7 Å². The van der Waals surface area contributed by atoms with Crippen molar-refractivity contribution < 1.29 is 17.6 Å². The van der Waals surface area contributed by atoms with Crippen molar-refractivity contribution in [2.75, 3.05) is 17.1 Å². The Hall–Kier alpha value is -2.41. The maximum absolute atomic E-state index is 14.1. The number of carbonyl (C=O) groups excluding carboxylic acids is 1. The van der Waals surface area contributed by atoms with Gasteiger partial charge in [0.15, 0.2) is 0 Å². The number of benzene rings is 2. The van der Waals surface area contributed by atoms with Crippen LogP contribution in [-0.2, 0) is 23.0 Å². The first-order valence-corrected chi connectivity index (χ1v) is 11.3. The number of hydrogen-bond acceptors (Lipinski definition) is 3. The van der Waals surface area contributed by atoms with Crippen LogP contribution < -0.4 is 4.31 Å². The molecule has 2 aliphatic rings. The fraction of sp³-hybridized carbons (Fsp3) is 0.381. The van der Waals surface area contributed by atoms with E-state index < -0.39 is 10.0 Å². The van der Waals surface area contributed by atoms with Gasteiger partial charge in [0, 0.05) is 30.3 Å². The SMILES string of the molecule is CS(=O)(=O)N1CCCc2cc(C(=O)N(Cc3ccccc3F)C3CC3)ccc21. The third kappa shape index (κ3) is 3.76. The van der Waals surface area contributed by atoms with Gasteiger partial charge in [-0.15, -0.1) is 0 Å². The summed E-state index contributed by atoms with van der Waals surface area (Å²) in [4.78, 5) is 14.9. The smallest absolute Gasteiger partial charge is 0.254 e. The summed E-state index contributed by atoms with van der Waals surface area (Å²) in [5, 5.41) is 0. The van der Waals surface area contributed by atoms with Crippen molar-refractivity contribution in [3.63, 3.8) is 0 Å². The molecule has 5 nitrogen and oxygen atoms in total. The summed E-state index contributed by atoms with van der Waals surface area (Å²) in [5.74, 6) is -0.444. The van der Waals surface area contributed by atoms with Crippen LogP contribution in [0.25, 0.3) is 0 Å². The number of fused-ring (bicyclic) bond motifs is 1. The molecule has 1 fully saturated rings. The third-order valence-electron chi connectivity index (χ3n) is 5.35. The molecule has 4 rings (SSSR count). The van der Waals surface area contributed by atoms with Crippen molar-refractivity contribution in [3.8, 4) is 0 Å². The normalized spacial score (nSPS) is 16.6. The molecule has 2 aromatic carbocycles. The van der Waals surface area contributed by atoms with E-state index in [1.165, 1.54) is 16.6 Å². The van der Waals surface area contributed by atoms with E-state index in [-0.39, 0.29) is 24.3 Å². The van der Waals surface area contributed by atoms with Gasteiger partial charge < -0.3 is 4.90 Å². The molecule has 0 spiro atoms. The van der Waals surface area contributed by atoms with Crippen LogP contribution in [0.15, 0.2) is 42.5 Å². The lowest BCUT2D eigenvalue weighted by atomic mass is 10.00. The Morgan fingerprint density at radius 1 is 1.21 bits per heavy atom. The average Bonchev–Trinajstić information content (AvgIpc) is 3.50. The second-order valence-electron chi connectivity index (χ2n) is 7.54. The van der Waals surface area contributed by atoms with Crippen molar-refractivity contribution in [2.45, 2.75) is 38.3 Å². The van der Waals surface area contributed by atoms with Gasteiger partial charge in [0.2, 0.25) is 10.0 Å². The number of nitrogens with zero attached hydrogens (tertiary/aromatic N) is 2. The Morgan fingerprint density at radius 3 is 2.64 bits per heavy atom. The maximum atomic E-state index is 14.1. The van der Waals surface area contributed by atoms with Crippen LogP contribution in [0.1, 0.15) is 40.7 Å². The molecule has 1 amide bonds. The van der Waals surface area contributed by atoms with Gasteiger partial charge in [-0.2, -0.15) is 0 Å². The average molecular weight is 402 g/mol. The van der Waals surface area contributed by atoms with Crippen LogP contribution in [0, 0.1) is 5.82 Å². The number of rotatable bonds is 5. The Labute approximate surface area is 164 Å². The Bertz CT molecular complexity index is 1020. The van der Waals surface area contributed by atoms with Crippen LogP contribution in [-0.4, -0.2) is 38.1 Å². The highest BCUT2D eigenvalue weighted by molar-refractivity contribution is 7.92. The summed E-state index contributed by atoms with van der Waals surface area (Å²) in [5.41, 5.74) is 2.54. The summed E-state index contributed by atoms with van der Waals surface area (Å²) in [7, 11) is -3.34. The zero-order valence-corrected chi connectivity index (χ0v) is 16.6. The Balaban J connectivity index is 1.63. The van der Waals surface area contributed by atoms with Gasteiger partial charge in [-0.25, -0.2) is 12.8 Å². The molecule has 148 valence electrons. The maximum Gasteiger partial charge on any atom is 0.254 e. The van der Waals surface area contributed by atoms with Crippen LogP contribution in [0.3, 0.4) is 0 Å². The summed E-state index contributed by atoms with van der Waals surface area (Å²) in [6.45, 7) is 0.698. The van der Waals surface area contributed by atoms with E-state index in [1.54, 1.807) is 41.3 Å². The van der Waals surface area contributed by atoms with E-state index in [2.05, 4.69) is 0 Å². The Morgan fingerprint density at radius 2 is 1.96 bits per heavy atom. The molecular weight excluding hydrogens is 379 g/mol. The summed E-state index contributed by atoms with van der Waals surface area (Å²) < 4.78 is 39.5. The molecule has 0 N–H and O–H groups in total. The van der Waals surface area contributed by atoms with Gasteiger partial charge >= 0.3 is 0 Å². The third-order valence-corrected chi connectivity index (χ3v) is 6.53. The molecule has 0 aromatic heterocycles. The first kappa shape index (κ1) is 18.9. The molecule has 0 saturated heterocycles. The van der Waals surface area contributed by atoms with Crippen LogP contribution in [0.4, 0.5) is 10.1 Å². The Kier molecular flexibility index (Phi) is 4.87. The van der Waals surface area contributed by atoms with Crippen LogP contribution in [0.2, 0.25) is 0 Å². The summed E-state index contributed by atoms with van der Waals surface area (Å²) >= 11 is 0. The number of sulfonamides is 1. The molecule has 1 aliphatic heterocycles. The molecule has 0 bridgehead atoms. The molecule has 28 heavy (non-hydrogen) atoms. The number of hydrogen-bond donors (Lipinski definition) is 0. The number of amides is 1. The predicted molar refractivity (Wildman–Crippen MR) is 106 cm³/mol. The van der Waals surface area contributed by atoms with Gasteiger partial charge in [0.1, 0.15) is 5.82 Å².